The molecule has 0 N–H and O–H groups in total. The zero-order valence-electron chi connectivity index (χ0n) is 11.1. The van der Waals surface area contributed by atoms with E-state index >= 15 is 0 Å². The van der Waals surface area contributed by atoms with Crippen LogP contribution in [0.4, 0.5) is 0 Å². The van der Waals surface area contributed by atoms with E-state index in [0.29, 0.717) is 17.1 Å². The fraction of sp³-hybridized carbons (Fsp3) is 0.200. The van der Waals surface area contributed by atoms with Crippen LogP contribution in [0.5, 0.6) is 11.5 Å². The topological polar surface area (TPSA) is 64.2 Å². The molecule has 0 aliphatic carbocycles. The van der Waals surface area contributed by atoms with Gasteiger partial charge in [0.2, 0.25) is 6.79 Å². The molecular weight excluding hydrogens is 256 g/mol. The maximum Gasteiger partial charge on any atom is 0.269 e. The highest BCUT2D eigenvalue weighted by Crippen LogP contribution is 2.36. The lowest BCUT2D eigenvalue weighted by molar-refractivity contribution is 0.174. The fourth-order valence-corrected chi connectivity index (χ4v) is 2.22. The van der Waals surface area contributed by atoms with E-state index in [0.717, 1.165) is 11.3 Å². The van der Waals surface area contributed by atoms with Gasteiger partial charge in [0.15, 0.2) is 11.5 Å². The van der Waals surface area contributed by atoms with E-state index in [1.165, 1.54) is 4.57 Å². The Morgan fingerprint density at radius 2 is 2.00 bits per heavy atom. The van der Waals surface area contributed by atoms with Crippen molar-refractivity contribution < 1.29 is 9.47 Å². The van der Waals surface area contributed by atoms with Crippen LogP contribution in [-0.2, 0) is 7.05 Å². The Labute approximate surface area is 115 Å². The van der Waals surface area contributed by atoms with E-state index in [1.54, 1.807) is 19.2 Å². The fourth-order valence-electron chi connectivity index (χ4n) is 2.22. The largest absolute Gasteiger partial charge is 0.454 e. The van der Waals surface area contributed by atoms with Crippen molar-refractivity contribution in [2.45, 2.75) is 6.92 Å². The molecule has 0 bridgehead atoms. The predicted molar refractivity (Wildman–Crippen MR) is 72.7 cm³/mol. The monoisotopic (exact) mass is 268 g/mol. The van der Waals surface area contributed by atoms with Gasteiger partial charge in [0, 0.05) is 18.3 Å². The third-order valence-corrected chi connectivity index (χ3v) is 3.47. The molecule has 0 atom stereocenters. The lowest BCUT2D eigenvalue weighted by Crippen LogP contribution is -2.22. The number of hydrogen-bond acceptors (Lipinski definition) is 4. The summed E-state index contributed by atoms with van der Waals surface area (Å²) in [6, 6.07) is 9.22. The smallest absolute Gasteiger partial charge is 0.269 e. The minimum absolute atomic E-state index is 0.136. The minimum atomic E-state index is -0.292. The normalized spacial score (nSPS) is 12.2. The van der Waals surface area contributed by atoms with Gasteiger partial charge >= 0.3 is 0 Å². The standard InChI is InChI=1S/C15H12N2O3/c1-9-5-11(12(7-16)15(18)17(9)2)10-3-4-13-14(6-10)20-8-19-13/h3-6H,8H2,1-2H3. The first kappa shape index (κ1) is 12.3. The second kappa shape index (κ2) is 4.42. The van der Waals surface area contributed by atoms with E-state index in [1.807, 2.05) is 25.1 Å². The summed E-state index contributed by atoms with van der Waals surface area (Å²) in [6.45, 7) is 2.03. The second-order valence-electron chi connectivity index (χ2n) is 4.62. The van der Waals surface area contributed by atoms with Gasteiger partial charge in [0.25, 0.3) is 5.56 Å². The third kappa shape index (κ3) is 1.74. The summed E-state index contributed by atoms with van der Waals surface area (Å²) in [6.07, 6.45) is 0. The molecule has 1 aromatic carbocycles. The molecule has 2 heterocycles. The molecule has 3 rings (SSSR count). The molecule has 100 valence electrons. The lowest BCUT2D eigenvalue weighted by Gasteiger charge is -2.10. The van der Waals surface area contributed by atoms with Gasteiger partial charge in [-0.25, -0.2) is 0 Å². The van der Waals surface area contributed by atoms with Crippen LogP contribution < -0.4 is 15.0 Å². The maximum absolute atomic E-state index is 12.1. The molecule has 0 spiro atoms. The van der Waals surface area contributed by atoms with E-state index in [-0.39, 0.29) is 17.9 Å². The van der Waals surface area contributed by atoms with Crippen molar-refractivity contribution in [3.8, 4) is 28.7 Å². The molecule has 5 heteroatoms. The zero-order valence-corrected chi connectivity index (χ0v) is 11.1. The number of nitriles is 1. The number of aryl methyl sites for hydroxylation is 1. The molecule has 0 saturated carbocycles. The highest BCUT2D eigenvalue weighted by molar-refractivity contribution is 5.73. The molecule has 1 aliphatic heterocycles. The minimum Gasteiger partial charge on any atom is -0.454 e. The zero-order chi connectivity index (χ0) is 14.3. The van der Waals surface area contributed by atoms with Crippen LogP contribution in [0.1, 0.15) is 11.3 Å². The molecule has 0 saturated heterocycles. The molecule has 1 aromatic heterocycles. The first-order chi connectivity index (χ1) is 9.61. The van der Waals surface area contributed by atoms with Crippen LogP contribution in [-0.4, -0.2) is 11.4 Å². The van der Waals surface area contributed by atoms with Gasteiger partial charge in [-0.15, -0.1) is 0 Å². The first-order valence-corrected chi connectivity index (χ1v) is 6.12. The predicted octanol–water partition coefficient (Wildman–Crippen LogP) is 1.96. The molecule has 0 amide bonds. The quantitative estimate of drug-likeness (QED) is 0.793. The highest BCUT2D eigenvalue weighted by Gasteiger charge is 2.17. The molecule has 1 aliphatic rings. The molecule has 0 radical (unpaired) electrons. The average Bonchev–Trinajstić information content (AvgIpc) is 2.91. The van der Waals surface area contributed by atoms with Crippen molar-refractivity contribution in [2.75, 3.05) is 6.79 Å². The van der Waals surface area contributed by atoms with Gasteiger partial charge in [0.05, 0.1) is 0 Å². The summed E-state index contributed by atoms with van der Waals surface area (Å²) in [4.78, 5) is 12.1. The lowest BCUT2D eigenvalue weighted by atomic mass is 10.0. The van der Waals surface area contributed by atoms with Crippen LogP contribution >= 0.6 is 0 Å². The van der Waals surface area contributed by atoms with Gasteiger partial charge in [-0.1, -0.05) is 6.07 Å². The SMILES string of the molecule is Cc1cc(-c2ccc3c(c2)OCO3)c(C#N)c(=O)n1C. The van der Waals surface area contributed by atoms with Crippen molar-refractivity contribution in [3.05, 3.63) is 45.9 Å². The van der Waals surface area contributed by atoms with Gasteiger partial charge in [-0.05, 0) is 30.7 Å². The molecule has 0 fully saturated rings. The van der Waals surface area contributed by atoms with Gasteiger partial charge in [-0.3, -0.25) is 4.79 Å². The number of pyridine rings is 1. The molecule has 2 aromatic rings. The van der Waals surface area contributed by atoms with Crippen LogP contribution in [0.15, 0.2) is 29.1 Å². The van der Waals surface area contributed by atoms with E-state index in [4.69, 9.17) is 9.47 Å². The summed E-state index contributed by atoms with van der Waals surface area (Å²) in [7, 11) is 1.65. The van der Waals surface area contributed by atoms with Crippen molar-refractivity contribution in [1.29, 1.82) is 5.26 Å². The third-order valence-electron chi connectivity index (χ3n) is 3.47. The van der Waals surface area contributed by atoms with Gasteiger partial charge < -0.3 is 14.0 Å². The number of aromatic nitrogens is 1. The Bertz CT molecular complexity index is 800. The van der Waals surface area contributed by atoms with Crippen LogP contribution in [0.25, 0.3) is 11.1 Å². The second-order valence-corrected chi connectivity index (χ2v) is 4.62. The summed E-state index contributed by atoms with van der Waals surface area (Å²) in [5.74, 6) is 1.30. The van der Waals surface area contributed by atoms with Crippen molar-refractivity contribution in [1.82, 2.24) is 4.57 Å². The number of fused-ring (bicyclic) bond motifs is 1. The first-order valence-electron chi connectivity index (χ1n) is 6.12. The van der Waals surface area contributed by atoms with E-state index in [9.17, 15) is 10.1 Å². The number of ether oxygens (including phenoxy) is 2. The number of hydrogen-bond donors (Lipinski definition) is 0. The van der Waals surface area contributed by atoms with E-state index in [2.05, 4.69) is 0 Å². The Balaban J connectivity index is 2.25. The highest BCUT2D eigenvalue weighted by atomic mass is 16.7. The van der Waals surface area contributed by atoms with Crippen molar-refractivity contribution >= 4 is 0 Å². The average molecular weight is 268 g/mol. The maximum atomic E-state index is 12.1. The van der Waals surface area contributed by atoms with Gasteiger partial charge in [-0.2, -0.15) is 5.26 Å². The number of rotatable bonds is 1. The summed E-state index contributed by atoms with van der Waals surface area (Å²) < 4.78 is 12.1. The van der Waals surface area contributed by atoms with Crippen LogP contribution in [0.2, 0.25) is 0 Å². The summed E-state index contributed by atoms with van der Waals surface area (Å²) in [5.41, 5.74) is 2.02. The molecular formula is C15H12N2O3. The number of benzene rings is 1. The molecule has 0 unspecified atom stereocenters. The van der Waals surface area contributed by atoms with E-state index < -0.39 is 0 Å². The van der Waals surface area contributed by atoms with Crippen LogP contribution in [0.3, 0.4) is 0 Å². The Morgan fingerprint density at radius 1 is 1.25 bits per heavy atom. The van der Waals surface area contributed by atoms with Crippen molar-refractivity contribution in [2.24, 2.45) is 7.05 Å². The molecule has 20 heavy (non-hydrogen) atoms. The summed E-state index contributed by atoms with van der Waals surface area (Å²) >= 11 is 0. The van der Waals surface area contributed by atoms with Crippen LogP contribution in [0, 0.1) is 18.3 Å². The Morgan fingerprint density at radius 3 is 2.75 bits per heavy atom. The molecule has 5 nitrogen and oxygen atoms in total. The number of nitrogens with zero attached hydrogens (tertiary/aromatic N) is 2. The van der Waals surface area contributed by atoms with Crippen molar-refractivity contribution in [3.63, 3.8) is 0 Å². The van der Waals surface area contributed by atoms with Gasteiger partial charge in [0.1, 0.15) is 11.6 Å². The Hall–Kier alpha value is -2.74. The summed E-state index contributed by atoms with van der Waals surface area (Å²) in [5, 5.41) is 9.25. The Kier molecular flexibility index (Phi) is 2.72.